The summed E-state index contributed by atoms with van der Waals surface area (Å²) in [5.74, 6) is 0.792. The van der Waals surface area contributed by atoms with Crippen LogP contribution in [0.1, 0.15) is 29.2 Å². The fourth-order valence-corrected chi connectivity index (χ4v) is 6.23. The average molecular weight is 714 g/mol. The summed E-state index contributed by atoms with van der Waals surface area (Å²) >= 11 is 3.54. The topological polar surface area (TPSA) is 105 Å². The molecule has 10 heteroatoms. The summed E-state index contributed by atoms with van der Waals surface area (Å²) in [6.07, 6.45) is 0.160. The third-order valence-electron chi connectivity index (χ3n) is 8.60. The van der Waals surface area contributed by atoms with Gasteiger partial charge in [0.05, 0.1) is 19.8 Å². The number of halogens is 1. The molecule has 6 rings (SSSR count). The Labute approximate surface area is 290 Å². The maximum Gasteiger partial charge on any atom is 0.266 e. The summed E-state index contributed by atoms with van der Waals surface area (Å²) in [5, 5.41) is 9.11. The molecule has 2 aliphatic rings. The van der Waals surface area contributed by atoms with Crippen molar-refractivity contribution in [1.29, 1.82) is 0 Å². The molecule has 0 aromatic heterocycles. The number of rotatable bonds is 14. The molecule has 0 unspecified atom stereocenters. The quantitative estimate of drug-likeness (QED) is 0.120. The molecule has 4 aromatic rings. The Morgan fingerprint density at radius 3 is 2.31 bits per heavy atom. The number of hydrogen-bond acceptors (Lipinski definition) is 8. The highest BCUT2D eigenvalue weighted by Gasteiger charge is 2.53. The lowest BCUT2D eigenvalue weighted by Crippen LogP contribution is -2.55. The Bertz CT molecular complexity index is 1650. The molecule has 1 saturated heterocycles. The highest BCUT2D eigenvalue weighted by molar-refractivity contribution is 9.10. The lowest BCUT2D eigenvalue weighted by molar-refractivity contribution is -0.130. The normalized spacial score (nSPS) is 19.4. The second-order valence-corrected chi connectivity index (χ2v) is 12.8. The van der Waals surface area contributed by atoms with Crippen molar-refractivity contribution in [1.82, 2.24) is 15.8 Å². The number of hydrogen-bond donors (Lipinski definition) is 3. The molecule has 0 bridgehead atoms. The lowest BCUT2D eigenvalue weighted by atomic mass is 9.82. The van der Waals surface area contributed by atoms with Crippen molar-refractivity contribution in [2.45, 2.75) is 24.5 Å². The van der Waals surface area contributed by atoms with Crippen LogP contribution in [0, 0.1) is 0 Å². The number of carbonyl (C=O) groups excluding carboxylic acids is 1. The molecule has 0 radical (unpaired) electrons. The molecule has 0 aliphatic carbocycles. The van der Waals surface area contributed by atoms with E-state index in [1.807, 2.05) is 78.9 Å². The molecule has 1 fully saturated rings. The van der Waals surface area contributed by atoms with E-state index in [0.717, 1.165) is 65.1 Å². The number of carbonyl (C=O) groups is 1. The van der Waals surface area contributed by atoms with E-state index in [2.05, 4.69) is 55.9 Å². The van der Waals surface area contributed by atoms with Crippen LogP contribution in [0.4, 0.5) is 0 Å². The van der Waals surface area contributed by atoms with Crippen LogP contribution >= 0.6 is 15.9 Å². The summed E-state index contributed by atoms with van der Waals surface area (Å²) in [5.41, 5.74) is 9.57. The SMILES string of the molecule is O=C(NNCCN1CCOCC1)[C@@]1(Cc2ccc(Br)cc2)N=C(c2ccc(OCCCO)cc2)O[C@H]1c1ccc(-c2ccccc2)cc1. The number of nitrogens with zero attached hydrogens (tertiary/aromatic N) is 2. The fourth-order valence-electron chi connectivity index (χ4n) is 5.97. The molecule has 4 aromatic carbocycles. The van der Waals surface area contributed by atoms with Crippen molar-refractivity contribution in [3.05, 3.63) is 124 Å². The summed E-state index contributed by atoms with van der Waals surface area (Å²) in [7, 11) is 0. The number of ether oxygens (including phenoxy) is 3. The van der Waals surface area contributed by atoms with Crippen LogP contribution in [-0.4, -0.2) is 80.0 Å². The van der Waals surface area contributed by atoms with Gasteiger partial charge in [0, 0.05) is 55.7 Å². The van der Waals surface area contributed by atoms with Crippen LogP contribution < -0.4 is 15.6 Å². The largest absolute Gasteiger partial charge is 0.494 e. The van der Waals surface area contributed by atoms with Crippen LogP contribution in [0.25, 0.3) is 11.1 Å². The van der Waals surface area contributed by atoms with Crippen molar-refractivity contribution in [3.8, 4) is 16.9 Å². The number of morpholine rings is 1. The number of aliphatic hydroxyl groups is 1. The maximum absolute atomic E-state index is 14.5. The molecule has 0 spiro atoms. The molecule has 9 nitrogen and oxygen atoms in total. The monoisotopic (exact) mass is 712 g/mol. The predicted octanol–water partition coefficient (Wildman–Crippen LogP) is 5.33. The molecule has 48 heavy (non-hydrogen) atoms. The van der Waals surface area contributed by atoms with Crippen molar-refractivity contribution in [2.24, 2.45) is 4.99 Å². The molecule has 3 N–H and O–H groups in total. The van der Waals surface area contributed by atoms with Gasteiger partial charge in [0.15, 0.2) is 11.6 Å². The van der Waals surface area contributed by atoms with E-state index < -0.39 is 11.6 Å². The van der Waals surface area contributed by atoms with Crippen molar-refractivity contribution in [3.63, 3.8) is 0 Å². The Balaban J connectivity index is 1.33. The van der Waals surface area contributed by atoms with E-state index in [0.29, 0.717) is 37.6 Å². The van der Waals surface area contributed by atoms with E-state index in [1.54, 1.807) is 0 Å². The summed E-state index contributed by atoms with van der Waals surface area (Å²) in [4.78, 5) is 22.0. The van der Waals surface area contributed by atoms with Crippen LogP contribution in [-0.2, 0) is 20.7 Å². The molecule has 1 amide bonds. The molecular formula is C38H41BrN4O5. The van der Waals surface area contributed by atoms with Crippen LogP contribution in [0.3, 0.4) is 0 Å². The van der Waals surface area contributed by atoms with Gasteiger partial charge < -0.3 is 19.3 Å². The number of amides is 1. The minimum atomic E-state index is -1.32. The zero-order valence-corrected chi connectivity index (χ0v) is 28.4. The zero-order valence-electron chi connectivity index (χ0n) is 26.8. The number of benzene rings is 4. The van der Waals surface area contributed by atoms with Gasteiger partial charge in [-0.3, -0.25) is 15.1 Å². The minimum Gasteiger partial charge on any atom is -0.494 e. The van der Waals surface area contributed by atoms with Gasteiger partial charge in [-0.25, -0.2) is 10.4 Å². The van der Waals surface area contributed by atoms with Crippen molar-refractivity contribution >= 4 is 27.7 Å². The molecule has 0 saturated carbocycles. The molecule has 2 aliphatic heterocycles. The highest BCUT2D eigenvalue weighted by atomic mass is 79.9. The lowest BCUT2D eigenvalue weighted by Gasteiger charge is -2.31. The van der Waals surface area contributed by atoms with Gasteiger partial charge in [0.1, 0.15) is 5.75 Å². The maximum atomic E-state index is 14.5. The number of hydrazine groups is 1. The molecule has 2 atom stereocenters. The van der Waals surface area contributed by atoms with Gasteiger partial charge >= 0.3 is 0 Å². The van der Waals surface area contributed by atoms with E-state index >= 15 is 0 Å². The smallest absolute Gasteiger partial charge is 0.266 e. The van der Waals surface area contributed by atoms with Gasteiger partial charge in [-0.1, -0.05) is 82.7 Å². The van der Waals surface area contributed by atoms with Crippen molar-refractivity contribution < 1.29 is 24.1 Å². The first-order valence-corrected chi connectivity index (χ1v) is 17.2. The third-order valence-corrected chi connectivity index (χ3v) is 9.12. The van der Waals surface area contributed by atoms with Gasteiger partial charge in [-0.2, -0.15) is 0 Å². The summed E-state index contributed by atoms with van der Waals surface area (Å²) in [6, 6.07) is 33.8. The Morgan fingerprint density at radius 1 is 0.917 bits per heavy atom. The number of aliphatic hydroxyl groups excluding tert-OH is 1. The second kappa shape index (κ2) is 16.4. The van der Waals surface area contributed by atoms with Gasteiger partial charge in [-0.05, 0) is 58.7 Å². The Kier molecular flexibility index (Phi) is 11.5. The van der Waals surface area contributed by atoms with E-state index in [-0.39, 0.29) is 12.5 Å². The highest BCUT2D eigenvalue weighted by Crippen LogP contribution is 2.43. The molecular weight excluding hydrogens is 672 g/mol. The molecule has 250 valence electrons. The average Bonchev–Trinajstić information content (AvgIpc) is 3.52. The van der Waals surface area contributed by atoms with Gasteiger partial charge in [0.25, 0.3) is 5.91 Å². The summed E-state index contributed by atoms with van der Waals surface area (Å²) in [6.45, 7) is 5.03. The zero-order chi connectivity index (χ0) is 33.2. The first-order chi connectivity index (χ1) is 23.5. The predicted molar refractivity (Wildman–Crippen MR) is 190 cm³/mol. The van der Waals surface area contributed by atoms with Gasteiger partial charge in [0.2, 0.25) is 5.90 Å². The fraction of sp³-hybridized carbons (Fsp3) is 0.316. The first kappa shape index (κ1) is 33.8. The van der Waals surface area contributed by atoms with Crippen LogP contribution in [0.15, 0.2) is 113 Å². The van der Waals surface area contributed by atoms with Crippen molar-refractivity contribution in [2.75, 3.05) is 52.6 Å². The Morgan fingerprint density at radius 2 is 1.60 bits per heavy atom. The summed E-state index contributed by atoms with van der Waals surface area (Å²) < 4.78 is 18.9. The van der Waals surface area contributed by atoms with E-state index in [9.17, 15) is 4.79 Å². The second-order valence-electron chi connectivity index (χ2n) is 11.9. The Hall–Kier alpha value is -4.06. The van der Waals surface area contributed by atoms with E-state index in [1.165, 1.54) is 0 Å². The minimum absolute atomic E-state index is 0.0705. The number of aliphatic imine (C=N–C) groups is 1. The standard InChI is InChI=1S/C38H41BrN4O5/c39-33-15-7-28(8-16-33)27-38(37(45)42-40-19-20-43-21-25-46-26-22-43)35(31-11-9-30(10-12-31)29-5-2-1-3-6-29)48-36(41-38)32-13-17-34(18-14-32)47-24-4-23-44/h1-3,5-18,35,40,44H,4,19-27H2,(H,42,45)/t35-,38-/m0/s1. The number of nitrogens with one attached hydrogen (secondary N) is 2. The molecule has 2 heterocycles. The van der Waals surface area contributed by atoms with Gasteiger partial charge in [-0.15, -0.1) is 0 Å². The van der Waals surface area contributed by atoms with Crippen LogP contribution in [0.2, 0.25) is 0 Å². The first-order valence-electron chi connectivity index (χ1n) is 16.4. The van der Waals surface area contributed by atoms with Crippen LogP contribution in [0.5, 0.6) is 5.75 Å². The third kappa shape index (κ3) is 8.32. The van der Waals surface area contributed by atoms with E-state index in [4.69, 9.17) is 24.3 Å².